The van der Waals surface area contributed by atoms with E-state index in [2.05, 4.69) is 5.32 Å². The quantitative estimate of drug-likeness (QED) is 0.901. The fraction of sp³-hybridized carbons (Fsp3) is 0.500. The molecular formula is C14H19NO4. The maximum atomic E-state index is 12.3. The first-order valence-corrected chi connectivity index (χ1v) is 6.28. The van der Waals surface area contributed by atoms with Crippen molar-refractivity contribution in [3.8, 4) is 17.2 Å². The van der Waals surface area contributed by atoms with Crippen LogP contribution in [0.2, 0.25) is 0 Å². The highest BCUT2D eigenvalue weighted by atomic mass is 16.5. The van der Waals surface area contributed by atoms with Gasteiger partial charge in [0.15, 0.2) is 11.5 Å². The first-order chi connectivity index (χ1) is 9.15. The van der Waals surface area contributed by atoms with E-state index < -0.39 is 0 Å². The summed E-state index contributed by atoms with van der Waals surface area (Å²) < 4.78 is 16.0. The van der Waals surface area contributed by atoms with Crippen molar-refractivity contribution in [2.45, 2.75) is 25.8 Å². The summed E-state index contributed by atoms with van der Waals surface area (Å²) in [7, 11) is 4.66. The highest BCUT2D eigenvalue weighted by Crippen LogP contribution is 2.41. The van der Waals surface area contributed by atoms with E-state index in [9.17, 15) is 4.79 Å². The second-order valence-corrected chi connectivity index (χ2v) is 4.45. The number of ether oxygens (including phenoxy) is 3. The summed E-state index contributed by atoms with van der Waals surface area (Å²) >= 11 is 0. The molecule has 1 unspecified atom stereocenters. The van der Waals surface area contributed by atoms with Gasteiger partial charge >= 0.3 is 0 Å². The van der Waals surface area contributed by atoms with Gasteiger partial charge in [-0.3, -0.25) is 4.79 Å². The fourth-order valence-electron chi connectivity index (χ4n) is 2.44. The number of methoxy groups -OCH3 is 3. The van der Waals surface area contributed by atoms with Gasteiger partial charge in [-0.2, -0.15) is 0 Å². The van der Waals surface area contributed by atoms with Gasteiger partial charge in [0.05, 0.1) is 26.9 Å². The van der Waals surface area contributed by atoms with Gasteiger partial charge in [0.25, 0.3) is 5.91 Å². The molecule has 0 aliphatic carbocycles. The molecule has 19 heavy (non-hydrogen) atoms. The minimum Gasteiger partial charge on any atom is -0.496 e. The minimum atomic E-state index is -0.137. The van der Waals surface area contributed by atoms with Crippen molar-refractivity contribution in [1.82, 2.24) is 5.32 Å². The fourth-order valence-corrected chi connectivity index (χ4v) is 2.44. The molecule has 0 saturated carbocycles. The molecule has 2 rings (SSSR count). The Morgan fingerprint density at radius 1 is 1.21 bits per heavy atom. The summed E-state index contributed by atoms with van der Waals surface area (Å²) in [5, 5.41) is 2.97. The predicted molar refractivity (Wildman–Crippen MR) is 71.3 cm³/mol. The van der Waals surface area contributed by atoms with Gasteiger partial charge in [-0.25, -0.2) is 0 Å². The second-order valence-electron chi connectivity index (χ2n) is 4.45. The zero-order valence-corrected chi connectivity index (χ0v) is 11.7. The van der Waals surface area contributed by atoms with Gasteiger partial charge in [-0.15, -0.1) is 0 Å². The molecule has 0 radical (unpaired) electrons. The van der Waals surface area contributed by atoms with Crippen LogP contribution in [0, 0.1) is 0 Å². The smallest absolute Gasteiger partial charge is 0.255 e. The normalized spacial score (nSPS) is 17.5. The van der Waals surface area contributed by atoms with Gasteiger partial charge in [-0.1, -0.05) is 6.92 Å². The lowest BCUT2D eigenvalue weighted by atomic mass is 9.92. The molecule has 5 nitrogen and oxygen atoms in total. The Balaban J connectivity index is 2.65. The van der Waals surface area contributed by atoms with Crippen molar-refractivity contribution in [1.29, 1.82) is 0 Å². The van der Waals surface area contributed by atoms with Gasteiger partial charge in [0.2, 0.25) is 0 Å². The number of carbonyl (C=O) groups excluding carboxylic acids is 1. The van der Waals surface area contributed by atoms with E-state index in [-0.39, 0.29) is 11.9 Å². The SMILES string of the molecule is CCC1Cc2c(OC)cc(OC)c(OC)c2C(=O)N1. The largest absolute Gasteiger partial charge is 0.496 e. The van der Waals surface area contributed by atoms with Crippen molar-refractivity contribution in [2.75, 3.05) is 21.3 Å². The zero-order chi connectivity index (χ0) is 14.0. The number of nitrogens with one attached hydrogen (secondary N) is 1. The summed E-state index contributed by atoms with van der Waals surface area (Å²) in [6.07, 6.45) is 1.61. The highest BCUT2D eigenvalue weighted by molar-refractivity contribution is 6.01. The van der Waals surface area contributed by atoms with Crippen LogP contribution in [0.15, 0.2) is 6.07 Å². The lowest BCUT2D eigenvalue weighted by molar-refractivity contribution is 0.0918. The van der Waals surface area contributed by atoms with Gasteiger partial charge < -0.3 is 19.5 Å². The first kappa shape index (κ1) is 13.5. The molecule has 1 atom stereocenters. The molecule has 1 aliphatic rings. The third-order valence-corrected chi connectivity index (χ3v) is 3.46. The molecule has 1 amide bonds. The minimum absolute atomic E-state index is 0.131. The van der Waals surface area contributed by atoms with Gasteiger partial charge in [-0.05, 0) is 12.8 Å². The van der Waals surface area contributed by atoms with Crippen LogP contribution in [0.1, 0.15) is 29.3 Å². The lowest BCUT2D eigenvalue weighted by Crippen LogP contribution is -2.41. The molecule has 1 aromatic rings. The van der Waals surface area contributed by atoms with Gasteiger partial charge in [0.1, 0.15) is 5.75 Å². The molecule has 0 spiro atoms. The lowest BCUT2D eigenvalue weighted by Gasteiger charge is -2.28. The average molecular weight is 265 g/mol. The molecule has 1 aliphatic heterocycles. The molecule has 1 aromatic carbocycles. The van der Waals surface area contributed by atoms with E-state index in [0.29, 0.717) is 22.8 Å². The van der Waals surface area contributed by atoms with Crippen LogP contribution in [-0.2, 0) is 6.42 Å². The van der Waals surface area contributed by atoms with E-state index in [0.717, 1.165) is 18.4 Å². The van der Waals surface area contributed by atoms with Crippen LogP contribution >= 0.6 is 0 Å². The Bertz CT molecular complexity index is 499. The Kier molecular flexibility index (Phi) is 3.83. The van der Waals surface area contributed by atoms with Crippen molar-refractivity contribution in [3.05, 3.63) is 17.2 Å². The van der Waals surface area contributed by atoms with Crippen LogP contribution in [0.4, 0.5) is 0 Å². The maximum absolute atomic E-state index is 12.3. The third-order valence-electron chi connectivity index (χ3n) is 3.46. The van der Waals surface area contributed by atoms with Crippen molar-refractivity contribution >= 4 is 5.91 Å². The summed E-state index contributed by atoms with van der Waals surface area (Å²) in [6.45, 7) is 2.04. The van der Waals surface area contributed by atoms with Gasteiger partial charge in [0, 0.05) is 17.7 Å². The molecule has 5 heteroatoms. The van der Waals surface area contributed by atoms with Crippen molar-refractivity contribution in [2.24, 2.45) is 0 Å². The van der Waals surface area contributed by atoms with Crippen LogP contribution in [0.25, 0.3) is 0 Å². The Hall–Kier alpha value is -1.91. The van der Waals surface area contributed by atoms with Crippen LogP contribution in [-0.4, -0.2) is 33.3 Å². The van der Waals surface area contributed by atoms with Crippen molar-refractivity contribution in [3.63, 3.8) is 0 Å². The number of hydrogen-bond acceptors (Lipinski definition) is 4. The van der Waals surface area contributed by atoms with Crippen molar-refractivity contribution < 1.29 is 19.0 Å². The maximum Gasteiger partial charge on any atom is 0.255 e. The third kappa shape index (κ3) is 2.20. The molecule has 0 bridgehead atoms. The zero-order valence-electron chi connectivity index (χ0n) is 11.7. The molecule has 1 N–H and O–H groups in total. The van der Waals surface area contributed by atoms with E-state index in [1.165, 1.54) is 7.11 Å². The van der Waals surface area contributed by atoms with E-state index in [1.807, 2.05) is 6.92 Å². The molecular weight excluding hydrogens is 246 g/mol. The summed E-state index contributed by atoms with van der Waals surface area (Å²) in [4.78, 5) is 12.3. The number of benzene rings is 1. The van der Waals surface area contributed by atoms with E-state index in [1.54, 1.807) is 20.3 Å². The topological polar surface area (TPSA) is 56.8 Å². The monoisotopic (exact) mass is 265 g/mol. The molecule has 104 valence electrons. The average Bonchev–Trinajstić information content (AvgIpc) is 2.45. The molecule has 0 aromatic heterocycles. The number of fused-ring (bicyclic) bond motifs is 1. The Morgan fingerprint density at radius 2 is 1.89 bits per heavy atom. The van der Waals surface area contributed by atoms with E-state index in [4.69, 9.17) is 14.2 Å². The Morgan fingerprint density at radius 3 is 2.42 bits per heavy atom. The highest BCUT2D eigenvalue weighted by Gasteiger charge is 2.31. The standard InChI is InChI=1S/C14H19NO4/c1-5-8-6-9-10(17-2)7-11(18-3)13(19-4)12(9)14(16)15-8/h7-8H,5-6H2,1-4H3,(H,15,16). The van der Waals surface area contributed by atoms with Crippen LogP contribution < -0.4 is 19.5 Å². The van der Waals surface area contributed by atoms with Crippen LogP contribution in [0.3, 0.4) is 0 Å². The number of carbonyl (C=O) groups is 1. The molecule has 1 heterocycles. The van der Waals surface area contributed by atoms with Crippen LogP contribution in [0.5, 0.6) is 17.2 Å². The molecule has 0 saturated heterocycles. The number of hydrogen-bond donors (Lipinski definition) is 1. The second kappa shape index (κ2) is 5.38. The Labute approximate surface area is 112 Å². The predicted octanol–water partition coefficient (Wildman–Crippen LogP) is 1.78. The van der Waals surface area contributed by atoms with E-state index >= 15 is 0 Å². The summed E-state index contributed by atoms with van der Waals surface area (Å²) in [5.74, 6) is 1.50. The number of amides is 1. The first-order valence-electron chi connectivity index (χ1n) is 6.28. The number of rotatable bonds is 4. The summed E-state index contributed by atoms with van der Waals surface area (Å²) in [5.41, 5.74) is 1.40. The summed E-state index contributed by atoms with van der Waals surface area (Å²) in [6, 6.07) is 1.90. The molecule has 0 fully saturated rings.